The van der Waals surface area contributed by atoms with E-state index in [9.17, 15) is 9.59 Å². The number of methoxy groups -OCH3 is 1. The van der Waals surface area contributed by atoms with Crippen LogP contribution >= 0.6 is 0 Å². The smallest absolute Gasteiger partial charge is 0.309 e. The van der Waals surface area contributed by atoms with Crippen molar-refractivity contribution in [2.45, 2.75) is 26.2 Å². The van der Waals surface area contributed by atoms with Gasteiger partial charge in [0.25, 0.3) is 0 Å². The molecule has 0 atom stereocenters. The van der Waals surface area contributed by atoms with Gasteiger partial charge in [-0.1, -0.05) is 31.5 Å². The van der Waals surface area contributed by atoms with E-state index in [1.165, 1.54) is 0 Å². The zero-order chi connectivity index (χ0) is 14.6. The number of nitrogens with one attached hydrogen (secondary N) is 1. The normalized spacial score (nSPS) is 10.9. The Hall–Kier alpha value is -2.04. The summed E-state index contributed by atoms with van der Waals surface area (Å²) < 4.78 is 5.34. The molecule has 0 fully saturated rings. The minimum Gasteiger partial charge on any atom is -0.496 e. The molecule has 0 bridgehead atoms. The maximum atomic E-state index is 11.2. The van der Waals surface area contributed by atoms with Crippen molar-refractivity contribution < 1.29 is 14.3 Å². The van der Waals surface area contributed by atoms with E-state index in [0.717, 1.165) is 16.9 Å². The lowest BCUT2D eigenvalue weighted by Gasteiger charge is -2.27. The molecule has 1 aromatic carbocycles. The summed E-state index contributed by atoms with van der Waals surface area (Å²) in [5, 5.41) is 2.52. The number of aryl methyl sites for hydroxylation is 1. The van der Waals surface area contributed by atoms with Crippen LogP contribution in [0.2, 0.25) is 0 Å². The molecule has 0 heterocycles. The lowest BCUT2D eigenvalue weighted by molar-refractivity contribution is -0.137. The van der Waals surface area contributed by atoms with Gasteiger partial charge in [-0.05, 0) is 13.0 Å². The lowest BCUT2D eigenvalue weighted by atomic mass is 9.83. The number of rotatable bonds is 4. The van der Waals surface area contributed by atoms with Crippen LogP contribution in [-0.4, -0.2) is 25.5 Å². The molecule has 3 N–H and O–H groups in total. The number of amides is 2. The molecule has 0 saturated heterocycles. The van der Waals surface area contributed by atoms with Crippen LogP contribution in [0.1, 0.15) is 25.0 Å². The second-order valence-electron chi connectivity index (χ2n) is 5.13. The Bertz CT molecular complexity index is 495. The van der Waals surface area contributed by atoms with Crippen LogP contribution in [0, 0.1) is 6.92 Å². The van der Waals surface area contributed by atoms with Crippen molar-refractivity contribution in [1.29, 1.82) is 0 Å². The van der Waals surface area contributed by atoms with Gasteiger partial charge in [-0.15, -0.1) is 0 Å². The van der Waals surface area contributed by atoms with Crippen molar-refractivity contribution in [3.05, 3.63) is 29.3 Å². The molecule has 5 heteroatoms. The summed E-state index contributed by atoms with van der Waals surface area (Å²) in [5.41, 5.74) is 6.61. The largest absolute Gasteiger partial charge is 0.496 e. The van der Waals surface area contributed by atoms with Crippen LogP contribution in [0.4, 0.5) is 0 Å². The Kier molecular flexibility index (Phi) is 4.53. The molecule has 5 nitrogen and oxygen atoms in total. The fourth-order valence-electron chi connectivity index (χ4n) is 1.83. The van der Waals surface area contributed by atoms with Crippen LogP contribution in [0.25, 0.3) is 0 Å². The fourth-order valence-corrected chi connectivity index (χ4v) is 1.83. The summed E-state index contributed by atoms with van der Waals surface area (Å²) in [6.45, 7) is 6.22. The van der Waals surface area contributed by atoms with Gasteiger partial charge in [-0.3, -0.25) is 9.59 Å². The third-order valence-electron chi connectivity index (χ3n) is 3.00. The lowest BCUT2D eigenvalue weighted by Crippen LogP contribution is -2.42. The molecular weight excluding hydrogens is 244 g/mol. The van der Waals surface area contributed by atoms with Crippen molar-refractivity contribution >= 4 is 11.8 Å². The van der Waals surface area contributed by atoms with Crippen LogP contribution in [-0.2, 0) is 15.0 Å². The van der Waals surface area contributed by atoms with Crippen molar-refractivity contribution in [3.63, 3.8) is 0 Å². The number of carbonyl (C=O) groups is 2. The standard InChI is InChI=1S/C14H20N2O3/c1-9-5-6-11(19-4)10(7-9)14(2,3)8-16-13(18)12(15)17/h5-7H,8H2,1-4H3,(H2,15,17)(H,16,18). The van der Waals surface area contributed by atoms with Crippen LogP contribution in [0.3, 0.4) is 0 Å². The second kappa shape index (κ2) is 5.73. The van der Waals surface area contributed by atoms with Gasteiger partial charge < -0.3 is 15.8 Å². The molecule has 0 unspecified atom stereocenters. The van der Waals surface area contributed by atoms with Crippen LogP contribution in [0.5, 0.6) is 5.75 Å². The van der Waals surface area contributed by atoms with Crippen molar-refractivity contribution in [2.24, 2.45) is 5.73 Å². The highest BCUT2D eigenvalue weighted by Crippen LogP contribution is 2.31. The molecule has 19 heavy (non-hydrogen) atoms. The molecule has 2 amide bonds. The average molecular weight is 264 g/mol. The third-order valence-corrected chi connectivity index (χ3v) is 3.00. The Morgan fingerprint density at radius 1 is 1.37 bits per heavy atom. The summed E-state index contributed by atoms with van der Waals surface area (Å²) in [4.78, 5) is 21.9. The molecule has 0 saturated carbocycles. The van der Waals surface area contributed by atoms with E-state index >= 15 is 0 Å². The molecule has 0 spiro atoms. The highest BCUT2D eigenvalue weighted by molar-refractivity contribution is 6.34. The molecule has 0 radical (unpaired) electrons. The third kappa shape index (κ3) is 3.71. The molecular formula is C14H20N2O3. The maximum absolute atomic E-state index is 11.2. The monoisotopic (exact) mass is 264 g/mol. The molecule has 0 aliphatic carbocycles. The van der Waals surface area contributed by atoms with Gasteiger partial charge in [0.05, 0.1) is 7.11 Å². The minimum atomic E-state index is -0.980. The summed E-state index contributed by atoms with van der Waals surface area (Å²) in [5.74, 6) is -1.00. The van der Waals surface area contributed by atoms with Gasteiger partial charge in [0.15, 0.2) is 0 Å². The second-order valence-corrected chi connectivity index (χ2v) is 5.13. The SMILES string of the molecule is COc1ccc(C)cc1C(C)(C)CNC(=O)C(N)=O. The number of ether oxygens (including phenoxy) is 1. The van der Waals surface area contributed by atoms with E-state index in [0.29, 0.717) is 6.54 Å². The first-order valence-electron chi connectivity index (χ1n) is 6.00. The molecule has 0 aliphatic heterocycles. The minimum absolute atomic E-state index is 0.300. The number of hydrogen-bond donors (Lipinski definition) is 2. The molecule has 1 aromatic rings. The average Bonchev–Trinajstić information content (AvgIpc) is 2.35. The zero-order valence-corrected chi connectivity index (χ0v) is 11.7. The van der Waals surface area contributed by atoms with E-state index < -0.39 is 11.8 Å². The summed E-state index contributed by atoms with van der Waals surface area (Å²) >= 11 is 0. The summed E-state index contributed by atoms with van der Waals surface area (Å²) in [7, 11) is 1.60. The quantitative estimate of drug-likeness (QED) is 0.792. The van der Waals surface area contributed by atoms with E-state index in [2.05, 4.69) is 5.32 Å². The zero-order valence-electron chi connectivity index (χ0n) is 11.7. The Labute approximate surface area is 113 Å². The fraction of sp³-hybridized carbons (Fsp3) is 0.429. The number of primary amides is 1. The van der Waals surface area contributed by atoms with E-state index in [1.807, 2.05) is 39.0 Å². The first-order valence-corrected chi connectivity index (χ1v) is 6.00. The Morgan fingerprint density at radius 3 is 2.53 bits per heavy atom. The predicted molar refractivity (Wildman–Crippen MR) is 73.0 cm³/mol. The van der Waals surface area contributed by atoms with E-state index in [-0.39, 0.29) is 5.41 Å². The van der Waals surface area contributed by atoms with Gasteiger partial charge in [0.1, 0.15) is 5.75 Å². The molecule has 1 rings (SSSR count). The first-order chi connectivity index (χ1) is 8.77. The summed E-state index contributed by atoms with van der Waals surface area (Å²) in [6.07, 6.45) is 0. The molecule has 0 aromatic heterocycles. The highest BCUT2D eigenvalue weighted by atomic mass is 16.5. The topological polar surface area (TPSA) is 81.4 Å². The van der Waals surface area contributed by atoms with E-state index in [4.69, 9.17) is 10.5 Å². The number of benzene rings is 1. The Balaban J connectivity index is 2.96. The van der Waals surface area contributed by atoms with E-state index in [1.54, 1.807) is 7.11 Å². The van der Waals surface area contributed by atoms with Gasteiger partial charge >= 0.3 is 11.8 Å². The predicted octanol–water partition coefficient (Wildman–Crippen LogP) is 0.883. The number of carbonyl (C=O) groups excluding carboxylic acids is 2. The molecule has 104 valence electrons. The van der Waals surface area contributed by atoms with Crippen LogP contribution in [0.15, 0.2) is 18.2 Å². The van der Waals surface area contributed by atoms with Gasteiger partial charge in [-0.2, -0.15) is 0 Å². The van der Waals surface area contributed by atoms with Gasteiger partial charge in [-0.25, -0.2) is 0 Å². The van der Waals surface area contributed by atoms with Gasteiger partial charge in [0, 0.05) is 17.5 Å². The maximum Gasteiger partial charge on any atom is 0.309 e. The number of hydrogen-bond acceptors (Lipinski definition) is 3. The first kappa shape index (κ1) is 15.0. The van der Waals surface area contributed by atoms with Crippen molar-refractivity contribution in [1.82, 2.24) is 5.32 Å². The summed E-state index contributed by atoms with van der Waals surface area (Å²) in [6, 6.07) is 5.86. The Morgan fingerprint density at radius 2 is 2.00 bits per heavy atom. The van der Waals surface area contributed by atoms with Crippen molar-refractivity contribution in [3.8, 4) is 5.75 Å². The number of nitrogens with two attached hydrogens (primary N) is 1. The van der Waals surface area contributed by atoms with Crippen molar-refractivity contribution in [2.75, 3.05) is 13.7 Å². The molecule has 0 aliphatic rings. The highest BCUT2D eigenvalue weighted by Gasteiger charge is 2.26. The van der Waals surface area contributed by atoms with Crippen LogP contribution < -0.4 is 15.8 Å². The van der Waals surface area contributed by atoms with Gasteiger partial charge in [0.2, 0.25) is 0 Å².